The lowest BCUT2D eigenvalue weighted by molar-refractivity contribution is 1.48. The van der Waals surface area contributed by atoms with Gasteiger partial charge in [0.2, 0.25) is 0 Å². The molecule has 0 fully saturated rings. The standard InChI is InChI=1S/C22H18.C20H17N.C7H8/c1-15-7-5-9-18-10-6-12-21(22(15)18)20-14-13-17-8-3-4-11-19(17)16(20)2;1-2-16-10-6-7-13-18(16)19-14-8-9-15-20(19)21-17-11-4-3-5-12-17;1-7-5-3-2-4-6-7/h3-14H,1-2H3;2-15,21H,1H2;2-6H,1H3. The van der Waals surface area contributed by atoms with Gasteiger partial charge in [-0.25, -0.2) is 0 Å². The monoisotopic (exact) mass is 645 g/mol. The molecule has 0 spiro atoms. The molecule has 0 aliphatic heterocycles. The van der Waals surface area contributed by atoms with Crippen LogP contribution in [0.25, 0.3) is 49.9 Å². The van der Waals surface area contributed by atoms with Gasteiger partial charge in [0, 0.05) is 16.9 Å². The first-order chi connectivity index (χ1) is 24.5. The van der Waals surface area contributed by atoms with Crippen LogP contribution in [0.2, 0.25) is 0 Å². The van der Waals surface area contributed by atoms with Crippen molar-refractivity contribution < 1.29 is 0 Å². The molecule has 0 unspecified atom stereocenters. The third-order valence-corrected chi connectivity index (χ3v) is 8.99. The summed E-state index contributed by atoms with van der Waals surface area (Å²) in [7, 11) is 0. The molecule has 8 aromatic rings. The summed E-state index contributed by atoms with van der Waals surface area (Å²) in [4.78, 5) is 0. The van der Waals surface area contributed by atoms with E-state index in [2.05, 4.69) is 166 Å². The number of hydrogen-bond acceptors (Lipinski definition) is 1. The molecule has 8 aromatic carbocycles. The fraction of sp³-hybridized carbons (Fsp3) is 0.0612. The number of nitrogens with one attached hydrogen (secondary N) is 1. The number of para-hydroxylation sites is 2. The zero-order valence-electron chi connectivity index (χ0n) is 29.1. The van der Waals surface area contributed by atoms with Crippen molar-refractivity contribution in [2.45, 2.75) is 20.8 Å². The topological polar surface area (TPSA) is 12.0 Å². The fourth-order valence-electron chi connectivity index (χ4n) is 6.43. The van der Waals surface area contributed by atoms with E-state index in [1.54, 1.807) is 0 Å². The van der Waals surface area contributed by atoms with E-state index in [9.17, 15) is 0 Å². The molecule has 50 heavy (non-hydrogen) atoms. The summed E-state index contributed by atoms with van der Waals surface area (Å²) >= 11 is 0. The van der Waals surface area contributed by atoms with E-state index in [1.807, 2.05) is 54.6 Å². The smallest absolute Gasteiger partial charge is 0.0464 e. The number of benzene rings is 8. The Morgan fingerprint density at radius 3 is 1.74 bits per heavy atom. The van der Waals surface area contributed by atoms with Gasteiger partial charge in [-0.2, -0.15) is 0 Å². The van der Waals surface area contributed by atoms with Crippen LogP contribution in [0.15, 0.2) is 189 Å². The van der Waals surface area contributed by atoms with Gasteiger partial charge < -0.3 is 5.32 Å². The highest BCUT2D eigenvalue weighted by molar-refractivity contribution is 6.02. The minimum atomic E-state index is 1.08. The number of aryl methyl sites for hydroxylation is 3. The molecule has 0 saturated carbocycles. The van der Waals surface area contributed by atoms with Crippen molar-refractivity contribution in [2.75, 3.05) is 5.32 Å². The van der Waals surface area contributed by atoms with Gasteiger partial charge in [0.15, 0.2) is 0 Å². The minimum Gasteiger partial charge on any atom is -0.355 e. The van der Waals surface area contributed by atoms with Crippen molar-refractivity contribution in [1.29, 1.82) is 0 Å². The normalized spacial score (nSPS) is 10.4. The van der Waals surface area contributed by atoms with Gasteiger partial charge in [0.25, 0.3) is 0 Å². The Kier molecular flexibility index (Phi) is 11.0. The Balaban J connectivity index is 0.000000145. The third kappa shape index (κ3) is 7.92. The lowest BCUT2D eigenvalue weighted by Crippen LogP contribution is -1.93. The van der Waals surface area contributed by atoms with Crippen LogP contribution in [0.5, 0.6) is 0 Å². The highest BCUT2D eigenvalue weighted by atomic mass is 14.9. The van der Waals surface area contributed by atoms with Crippen LogP contribution in [0.1, 0.15) is 22.3 Å². The second-order valence-electron chi connectivity index (χ2n) is 12.4. The largest absolute Gasteiger partial charge is 0.355 e. The van der Waals surface area contributed by atoms with Gasteiger partial charge in [0.1, 0.15) is 0 Å². The molecule has 1 heteroatoms. The van der Waals surface area contributed by atoms with Gasteiger partial charge in [-0.05, 0) is 93.9 Å². The van der Waals surface area contributed by atoms with Crippen LogP contribution >= 0.6 is 0 Å². The number of rotatable bonds is 5. The average molecular weight is 646 g/mol. The Labute approximate surface area is 297 Å². The summed E-state index contributed by atoms with van der Waals surface area (Å²) in [6.45, 7) is 10.4. The van der Waals surface area contributed by atoms with E-state index < -0.39 is 0 Å². The van der Waals surface area contributed by atoms with Crippen molar-refractivity contribution in [1.82, 2.24) is 0 Å². The predicted molar refractivity (Wildman–Crippen MR) is 219 cm³/mol. The molecule has 1 nitrogen and oxygen atoms in total. The third-order valence-electron chi connectivity index (χ3n) is 8.99. The molecule has 244 valence electrons. The molecule has 0 aromatic heterocycles. The molecule has 0 atom stereocenters. The van der Waals surface area contributed by atoms with Crippen LogP contribution in [0, 0.1) is 20.8 Å². The molecule has 0 bridgehead atoms. The van der Waals surface area contributed by atoms with Crippen molar-refractivity contribution in [3.8, 4) is 22.3 Å². The first kappa shape index (κ1) is 33.7. The van der Waals surface area contributed by atoms with Crippen molar-refractivity contribution in [3.63, 3.8) is 0 Å². The van der Waals surface area contributed by atoms with Crippen molar-refractivity contribution in [3.05, 3.63) is 211 Å². The summed E-state index contributed by atoms with van der Waals surface area (Å²) in [5.74, 6) is 0. The van der Waals surface area contributed by atoms with Gasteiger partial charge in [-0.15, -0.1) is 0 Å². The van der Waals surface area contributed by atoms with Gasteiger partial charge >= 0.3 is 0 Å². The van der Waals surface area contributed by atoms with Crippen molar-refractivity contribution in [2.24, 2.45) is 0 Å². The highest BCUT2D eigenvalue weighted by Crippen LogP contribution is 2.36. The fourth-order valence-corrected chi connectivity index (χ4v) is 6.43. The first-order valence-electron chi connectivity index (χ1n) is 17.1. The van der Waals surface area contributed by atoms with E-state index in [0.29, 0.717) is 0 Å². The van der Waals surface area contributed by atoms with Crippen LogP contribution < -0.4 is 5.32 Å². The van der Waals surface area contributed by atoms with E-state index in [0.717, 1.165) is 16.9 Å². The second kappa shape index (κ2) is 16.3. The Hall–Kier alpha value is -6.18. The summed E-state index contributed by atoms with van der Waals surface area (Å²) in [5, 5.41) is 8.81. The number of fused-ring (bicyclic) bond motifs is 2. The van der Waals surface area contributed by atoms with E-state index in [1.165, 1.54) is 60.5 Å². The van der Waals surface area contributed by atoms with Gasteiger partial charge in [-0.1, -0.05) is 182 Å². The number of anilines is 2. The van der Waals surface area contributed by atoms with Crippen molar-refractivity contribution >= 4 is 39.0 Å². The zero-order valence-corrected chi connectivity index (χ0v) is 29.1. The summed E-state index contributed by atoms with van der Waals surface area (Å²) < 4.78 is 0. The Bertz CT molecular complexity index is 2330. The second-order valence-corrected chi connectivity index (χ2v) is 12.4. The molecule has 0 aliphatic rings. The summed E-state index contributed by atoms with van der Waals surface area (Å²) in [6.07, 6.45) is 1.90. The molecular weight excluding hydrogens is 603 g/mol. The maximum absolute atomic E-state index is 3.91. The molecular formula is C49H43N. The molecule has 8 rings (SSSR count). The Morgan fingerprint density at radius 1 is 0.440 bits per heavy atom. The lowest BCUT2D eigenvalue weighted by atomic mass is 9.90. The van der Waals surface area contributed by atoms with Crippen LogP contribution in [0.4, 0.5) is 11.4 Å². The molecule has 0 amide bonds. The predicted octanol–water partition coefficient (Wildman–Crippen LogP) is 14.0. The average Bonchev–Trinajstić information content (AvgIpc) is 3.17. The van der Waals surface area contributed by atoms with Crippen LogP contribution in [-0.4, -0.2) is 0 Å². The lowest BCUT2D eigenvalue weighted by Gasteiger charge is -2.14. The molecule has 0 heterocycles. The molecule has 1 N–H and O–H groups in total. The minimum absolute atomic E-state index is 1.08. The van der Waals surface area contributed by atoms with E-state index >= 15 is 0 Å². The van der Waals surface area contributed by atoms with Gasteiger partial charge in [0.05, 0.1) is 0 Å². The number of hydrogen-bond donors (Lipinski definition) is 1. The SMILES string of the molecule is C=Cc1ccccc1-c1ccccc1Nc1ccccc1.Cc1c(-c2cccc3cccc(C)c23)ccc2ccccc12.Cc1ccccc1. The van der Waals surface area contributed by atoms with Crippen LogP contribution in [0.3, 0.4) is 0 Å². The molecule has 0 aliphatic carbocycles. The maximum Gasteiger partial charge on any atom is 0.0464 e. The van der Waals surface area contributed by atoms with Gasteiger partial charge in [-0.3, -0.25) is 0 Å². The van der Waals surface area contributed by atoms with E-state index in [4.69, 9.17) is 0 Å². The quantitative estimate of drug-likeness (QED) is 0.196. The summed E-state index contributed by atoms with van der Waals surface area (Å²) in [6, 6.07) is 63.3. The highest BCUT2D eigenvalue weighted by Gasteiger charge is 2.11. The van der Waals surface area contributed by atoms with Crippen LogP contribution in [-0.2, 0) is 0 Å². The van der Waals surface area contributed by atoms with E-state index in [-0.39, 0.29) is 0 Å². The zero-order chi connectivity index (χ0) is 34.7. The summed E-state index contributed by atoms with van der Waals surface area (Å²) in [5.41, 5.74) is 12.4. The maximum atomic E-state index is 3.91. The molecule has 0 radical (unpaired) electrons. The molecule has 0 saturated heterocycles. The Morgan fingerprint density at radius 2 is 1.02 bits per heavy atom. The first-order valence-corrected chi connectivity index (χ1v) is 17.1.